The van der Waals surface area contributed by atoms with Gasteiger partial charge in [0.05, 0.1) is 27.6 Å². The normalized spacial score (nSPS) is 17.5. The number of carbonyl (C=O) groups is 1. The lowest BCUT2D eigenvalue weighted by molar-refractivity contribution is -0.122. The number of piperidine rings is 1. The first kappa shape index (κ1) is 25.4. The number of hydrogen-bond donors (Lipinski definition) is 0. The van der Waals surface area contributed by atoms with Crippen molar-refractivity contribution in [2.45, 2.75) is 57.4 Å². The highest BCUT2D eigenvalue weighted by Gasteiger charge is 2.33. The lowest BCUT2D eigenvalue weighted by atomic mass is 9.99. The summed E-state index contributed by atoms with van der Waals surface area (Å²) in [6, 6.07) is 13.1. The van der Waals surface area contributed by atoms with Crippen molar-refractivity contribution in [3.8, 4) is 12.3 Å². The van der Waals surface area contributed by atoms with Gasteiger partial charge in [-0.2, -0.15) is 9.30 Å². The number of benzene rings is 2. The Bertz CT molecular complexity index is 1430. The molecule has 8 heteroatoms. The first-order valence-corrected chi connectivity index (χ1v) is 14.3. The van der Waals surface area contributed by atoms with E-state index in [1.54, 1.807) is 24.3 Å². The molecule has 1 aromatic heterocycles. The molecule has 0 spiro atoms. The number of fused-ring (bicyclic) bond motifs is 1. The number of carbonyl (C=O) groups excluding carboxylic acids is 1. The summed E-state index contributed by atoms with van der Waals surface area (Å²) in [6.45, 7) is 4.95. The molecule has 2 heterocycles. The molecule has 1 saturated heterocycles. The van der Waals surface area contributed by atoms with Crippen LogP contribution in [0.3, 0.4) is 0 Å². The third kappa shape index (κ3) is 5.58. The molecule has 1 unspecified atom stereocenters. The van der Waals surface area contributed by atoms with Gasteiger partial charge in [0.25, 0.3) is 5.91 Å². The van der Waals surface area contributed by atoms with E-state index in [2.05, 4.69) is 30.0 Å². The van der Waals surface area contributed by atoms with E-state index in [0.717, 1.165) is 35.0 Å². The number of amides is 1. The van der Waals surface area contributed by atoms with E-state index >= 15 is 0 Å². The summed E-state index contributed by atoms with van der Waals surface area (Å²) in [5.74, 6) is 1.89. The van der Waals surface area contributed by atoms with Gasteiger partial charge in [0.1, 0.15) is 0 Å². The van der Waals surface area contributed by atoms with Crippen LogP contribution in [0.5, 0.6) is 0 Å². The maximum Gasteiger partial charge on any atom is 0.252 e. The molecule has 35 heavy (non-hydrogen) atoms. The first-order valence-electron chi connectivity index (χ1n) is 12.0. The highest BCUT2D eigenvalue weighted by molar-refractivity contribution is 7.89. The highest BCUT2D eigenvalue weighted by atomic mass is 32.2. The van der Waals surface area contributed by atoms with Crippen molar-refractivity contribution in [1.82, 2.24) is 8.87 Å². The van der Waals surface area contributed by atoms with Gasteiger partial charge in [-0.15, -0.1) is 6.42 Å². The van der Waals surface area contributed by atoms with Crippen molar-refractivity contribution in [2.24, 2.45) is 10.9 Å². The Morgan fingerprint density at radius 1 is 1.23 bits per heavy atom. The molecule has 6 nitrogen and oxygen atoms in total. The van der Waals surface area contributed by atoms with Crippen LogP contribution < -0.4 is 4.80 Å². The molecule has 0 N–H and O–H groups in total. The van der Waals surface area contributed by atoms with Crippen molar-refractivity contribution >= 4 is 37.5 Å². The van der Waals surface area contributed by atoms with Crippen molar-refractivity contribution in [2.75, 3.05) is 13.1 Å². The van der Waals surface area contributed by atoms with E-state index < -0.39 is 15.9 Å². The summed E-state index contributed by atoms with van der Waals surface area (Å²) >= 11 is 1.46. The van der Waals surface area contributed by atoms with Crippen LogP contribution in [-0.4, -0.2) is 36.3 Å². The fourth-order valence-electron chi connectivity index (χ4n) is 4.39. The molecule has 3 aromatic rings. The molecule has 0 radical (unpaired) electrons. The average molecular weight is 510 g/mol. The molecule has 0 saturated carbocycles. The number of thiazole rings is 1. The van der Waals surface area contributed by atoms with Crippen LogP contribution in [0.25, 0.3) is 10.2 Å². The van der Waals surface area contributed by atoms with Crippen LogP contribution >= 0.6 is 11.3 Å². The number of sulfonamides is 1. The van der Waals surface area contributed by atoms with Gasteiger partial charge >= 0.3 is 0 Å². The SMILES string of the molecule is C#CCn1c(=NC(=O)C2CCCN(S(=O)(=O)c3ccc(C)cc3)C2)sc2cc(CCCC)ccc21. The number of terminal acetylenes is 1. The number of aryl methyl sites for hydroxylation is 2. The van der Waals surface area contributed by atoms with Crippen LogP contribution in [0, 0.1) is 25.2 Å². The predicted octanol–water partition coefficient (Wildman–Crippen LogP) is 4.52. The first-order chi connectivity index (χ1) is 16.8. The lowest BCUT2D eigenvalue weighted by Crippen LogP contribution is -2.42. The van der Waals surface area contributed by atoms with Crippen molar-refractivity contribution in [3.05, 3.63) is 58.4 Å². The Morgan fingerprint density at radius 3 is 2.71 bits per heavy atom. The van der Waals surface area contributed by atoms with Crippen molar-refractivity contribution < 1.29 is 13.2 Å². The van der Waals surface area contributed by atoms with E-state index in [-0.39, 0.29) is 17.3 Å². The molecule has 2 aromatic carbocycles. The van der Waals surface area contributed by atoms with Gasteiger partial charge < -0.3 is 4.57 Å². The minimum atomic E-state index is -3.66. The zero-order chi connectivity index (χ0) is 25.0. The van der Waals surface area contributed by atoms with E-state index in [4.69, 9.17) is 6.42 Å². The third-order valence-corrected chi connectivity index (χ3v) is 9.33. The highest BCUT2D eigenvalue weighted by Crippen LogP contribution is 2.25. The number of nitrogens with zero attached hydrogens (tertiary/aromatic N) is 3. The molecule has 1 amide bonds. The van der Waals surface area contributed by atoms with Crippen LogP contribution in [0.2, 0.25) is 0 Å². The molecule has 184 valence electrons. The van der Waals surface area contributed by atoms with Gasteiger partial charge in [0.2, 0.25) is 10.0 Å². The van der Waals surface area contributed by atoms with Crippen molar-refractivity contribution in [1.29, 1.82) is 0 Å². The van der Waals surface area contributed by atoms with Crippen molar-refractivity contribution in [3.63, 3.8) is 0 Å². The van der Waals surface area contributed by atoms with Crippen LogP contribution in [-0.2, 0) is 27.8 Å². The van der Waals surface area contributed by atoms with Crippen LogP contribution in [0.1, 0.15) is 43.7 Å². The minimum absolute atomic E-state index is 0.139. The molecule has 0 bridgehead atoms. The summed E-state index contributed by atoms with van der Waals surface area (Å²) in [5.41, 5.74) is 3.22. The Kier molecular flexibility index (Phi) is 7.90. The Morgan fingerprint density at radius 2 is 2.00 bits per heavy atom. The van der Waals surface area contributed by atoms with Gasteiger partial charge in [-0.25, -0.2) is 8.42 Å². The topological polar surface area (TPSA) is 71.7 Å². The maximum atomic E-state index is 13.2. The number of rotatable bonds is 7. The summed E-state index contributed by atoms with van der Waals surface area (Å²) in [4.78, 5) is 18.5. The van der Waals surface area contributed by atoms with Gasteiger partial charge in [0, 0.05) is 13.1 Å². The summed E-state index contributed by atoms with van der Waals surface area (Å²) in [7, 11) is -3.66. The van der Waals surface area contributed by atoms with Gasteiger partial charge in [0.15, 0.2) is 4.80 Å². The molecule has 1 fully saturated rings. The van der Waals surface area contributed by atoms with E-state index in [1.807, 2.05) is 17.6 Å². The second-order valence-electron chi connectivity index (χ2n) is 9.05. The van der Waals surface area contributed by atoms with Gasteiger partial charge in [-0.3, -0.25) is 4.79 Å². The minimum Gasteiger partial charge on any atom is -0.305 e. The molecular weight excluding hydrogens is 478 g/mol. The second-order valence-corrected chi connectivity index (χ2v) is 12.0. The van der Waals surface area contributed by atoms with E-state index in [1.165, 1.54) is 21.2 Å². The fraction of sp³-hybridized carbons (Fsp3) is 0.407. The Balaban J connectivity index is 1.61. The smallest absolute Gasteiger partial charge is 0.252 e. The second kappa shape index (κ2) is 10.9. The molecule has 1 aliphatic rings. The summed E-state index contributed by atoms with van der Waals surface area (Å²) in [6.07, 6.45) is 10.1. The number of hydrogen-bond acceptors (Lipinski definition) is 4. The largest absolute Gasteiger partial charge is 0.305 e. The number of unbranched alkanes of at least 4 members (excludes halogenated alkanes) is 1. The summed E-state index contributed by atoms with van der Waals surface area (Å²) < 4.78 is 30.7. The van der Waals surface area contributed by atoms with E-state index in [0.29, 0.717) is 30.7 Å². The third-order valence-electron chi connectivity index (χ3n) is 6.41. The van der Waals surface area contributed by atoms with Crippen LogP contribution in [0.4, 0.5) is 0 Å². The molecule has 1 aliphatic heterocycles. The zero-order valence-corrected chi connectivity index (χ0v) is 21.9. The molecule has 0 aliphatic carbocycles. The standard InChI is InChI=1S/C27H31N3O3S2/c1-4-6-8-21-12-15-24-25(18-21)34-27(30(24)16-5-2)28-26(31)22-9-7-17-29(19-22)35(32,33)23-13-10-20(3)11-14-23/h2,10-15,18,22H,4,6-9,16-17,19H2,1,3H3. The fourth-order valence-corrected chi connectivity index (χ4v) is 7.01. The lowest BCUT2D eigenvalue weighted by Gasteiger charge is -2.30. The van der Waals surface area contributed by atoms with Gasteiger partial charge in [-0.1, -0.05) is 54.4 Å². The molecule has 4 rings (SSSR count). The van der Waals surface area contributed by atoms with Gasteiger partial charge in [-0.05, 0) is 62.4 Å². The number of aromatic nitrogens is 1. The molecular formula is C27H31N3O3S2. The molecule has 1 atom stereocenters. The summed E-state index contributed by atoms with van der Waals surface area (Å²) in [5, 5.41) is 0. The zero-order valence-electron chi connectivity index (χ0n) is 20.2. The predicted molar refractivity (Wildman–Crippen MR) is 140 cm³/mol. The quantitative estimate of drug-likeness (QED) is 0.440. The monoisotopic (exact) mass is 509 g/mol. The van der Waals surface area contributed by atoms with E-state index in [9.17, 15) is 13.2 Å². The van der Waals surface area contributed by atoms with Crippen LogP contribution in [0.15, 0.2) is 52.4 Å². The average Bonchev–Trinajstić information content (AvgIpc) is 3.19. The Labute approximate surface area is 211 Å². The maximum absolute atomic E-state index is 13.2. The Hall–Kier alpha value is -2.73.